The maximum atomic E-state index is 5.70. The first kappa shape index (κ1) is 22.5. The Morgan fingerprint density at radius 1 is 0.750 bits per heavy atom. The van der Waals surface area contributed by atoms with Crippen molar-refractivity contribution in [2.45, 2.75) is 6.42 Å². The molecule has 0 aliphatic heterocycles. The summed E-state index contributed by atoms with van der Waals surface area (Å²) in [4.78, 5) is 4.97. The van der Waals surface area contributed by atoms with Crippen LogP contribution in [-0.4, -0.2) is 30.5 Å². The summed E-state index contributed by atoms with van der Waals surface area (Å²) in [6, 6.07) is 21.2. The molecular weight excluding hydrogens is 413 g/mol. The van der Waals surface area contributed by atoms with Crippen molar-refractivity contribution in [1.29, 1.82) is 0 Å². The average Bonchev–Trinajstić information content (AvgIpc) is 2.69. The molecule has 3 nitrogen and oxygen atoms in total. The maximum Gasteiger partial charge on any atom is 0.0808 e. The van der Waals surface area contributed by atoms with E-state index in [4.69, 9.17) is 16.6 Å². The van der Waals surface area contributed by atoms with E-state index in [-0.39, 0.29) is 24.8 Å². The zero-order valence-electron chi connectivity index (χ0n) is 15.5. The van der Waals surface area contributed by atoms with Gasteiger partial charge in [-0.3, -0.25) is 0 Å². The number of rotatable bonds is 7. The topological polar surface area (TPSA) is 37.0 Å². The molecule has 2 N–H and O–H groups in total. The van der Waals surface area contributed by atoms with Crippen LogP contribution in [0.1, 0.15) is 6.42 Å². The molecule has 0 aliphatic rings. The van der Waals surface area contributed by atoms with Gasteiger partial charge in [0.25, 0.3) is 0 Å². The van der Waals surface area contributed by atoms with E-state index in [1.165, 1.54) is 27.2 Å². The predicted molar refractivity (Wildman–Crippen MR) is 128 cm³/mol. The monoisotopic (exact) mass is 435 g/mol. The quantitative estimate of drug-likeness (QED) is 0.161. The number of fused-ring (bicyclic) bond motifs is 4. The zero-order chi connectivity index (χ0) is 17.8. The Kier molecular flexibility index (Phi) is 8.58. The molecule has 0 radical (unpaired) electrons. The summed E-state index contributed by atoms with van der Waals surface area (Å²) < 4.78 is 0. The molecule has 0 atom stereocenters. The van der Waals surface area contributed by atoms with E-state index in [2.05, 4.69) is 65.2 Å². The molecule has 0 spiro atoms. The van der Waals surface area contributed by atoms with Crippen LogP contribution in [0.25, 0.3) is 32.6 Å². The summed E-state index contributed by atoms with van der Waals surface area (Å²) >= 11 is 5.70. The van der Waals surface area contributed by atoms with Crippen LogP contribution in [0.3, 0.4) is 0 Å². The number of alkyl halides is 1. The average molecular weight is 437 g/mol. The third-order valence-electron chi connectivity index (χ3n) is 4.68. The molecule has 0 saturated carbocycles. The molecule has 0 bridgehead atoms. The van der Waals surface area contributed by atoms with Crippen molar-refractivity contribution in [3.8, 4) is 0 Å². The predicted octanol–water partition coefficient (Wildman–Crippen LogP) is 6.02. The molecule has 28 heavy (non-hydrogen) atoms. The summed E-state index contributed by atoms with van der Waals surface area (Å²) in [7, 11) is 0. The van der Waals surface area contributed by atoms with Crippen LogP contribution in [0.15, 0.2) is 60.7 Å². The highest BCUT2D eigenvalue weighted by atomic mass is 35.5. The first-order valence-corrected chi connectivity index (χ1v) is 9.63. The minimum atomic E-state index is 0. The molecule has 1 aromatic heterocycles. The van der Waals surface area contributed by atoms with Gasteiger partial charge in [0, 0.05) is 35.1 Å². The number of nitrogens with one attached hydrogen (secondary N) is 2. The van der Waals surface area contributed by atoms with Gasteiger partial charge in [0.15, 0.2) is 0 Å². The summed E-state index contributed by atoms with van der Waals surface area (Å²) in [6.45, 7) is 2.73. The van der Waals surface area contributed by atoms with Crippen LogP contribution in [0, 0.1) is 0 Å². The van der Waals surface area contributed by atoms with Gasteiger partial charge in [0.05, 0.1) is 16.7 Å². The number of para-hydroxylation sites is 1. The second-order valence-corrected chi connectivity index (χ2v) is 6.78. The fourth-order valence-electron chi connectivity index (χ4n) is 3.43. The standard InChI is InChI=1S/C22H22ClN3.2ClH/c23-12-15-24-13-5-14-25-21-18-8-3-4-9-20(18)26-22-17-7-2-1-6-16(17)10-11-19(21)22;;/h1-4,6-11,24H,5,12-15H2,(H,25,26);2*1H. The SMILES string of the molecule is Cl.Cl.ClCCNCCCNc1c2ccccc2nc2c1ccc1ccccc12. The highest BCUT2D eigenvalue weighted by Gasteiger charge is 2.10. The number of hydrogen-bond acceptors (Lipinski definition) is 3. The van der Waals surface area contributed by atoms with Gasteiger partial charge in [-0.25, -0.2) is 4.98 Å². The fourth-order valence-corrected chi connectivity index (χ4v) is 3.57. The molecule has 6 heteroatoms. The second-order valence-electron chi connectivity index (χ2n) is 6.41. The van der Waals surface area contributed by atoms with Gasteiger partial charge in [-0.1, -0.05) is 54.6 Å². The van der Waals surface area contributed by atoms with Gasteiger partial charge in [-0.2, -0.15) is 0 Å². The number of hydrogen-bond donors (Lipinski definition) is 2. The Hall–Kier alpha value is -1.78. The van der Waals surface area contributed by atoms with Gasteiger partial charge in [-0.05, 0) is 24.4 Å². The van der Waals surface area contributed by atoms with E-state index in [9.17, 15) is 0 Å². The van der Waals surface area contributed by atoms with Crippen LogP contribution in [0.2, 0.25) is 0 Å². The van der Waals surface area contributed by atoms with E-state index in [0.29, 0.717) is 5.88 Å². The lowest BCUT2D eigenvalue weighted by atomic mass is 10.0. The van der Waals surface area contributed by atoms with Crippen molar-refractivity contribution >= 4 is 74.7 Å². The van der Waals surface area contributed by atoms with Crippen molar-refractivity contribution < 1.29 is 0 Å². The third-order valence-corrected chi connectivity index (χ3v) is 4.87. The van der Waals surface area contributed by atoms with Crippen molar-refractivity contribution in [2.24, 2.45) is 0 Å². The van der Waals surface area contributed by atoms with Gasteiger partial charge in [0.1, 0.15) is 0 Å². The zero-order valence-corrected chi connectivity index (χ0v) is 17.8. The van der Waals surface area contributed by atoms with E-state index in [1.807, 2.05) is 6.07 Å². The Bertz CT molecular complexity index is 1050. The molecule has 0 fully saturated rings. The minimum Gasteiger partial charge on any atom is -0.384 e. The fraction of sp³-hybridized carbons (Fsp3) is 0.227. The number of benzene rings is 3. The lowest BCUT2D eigenvalue weighted by Gasteiger charge is -2.14. The van der Waals surface area contributed by atoms with Gasteiger partial charge in [-0.15, -0.1) is 36.4 Å². The molecule has 0 unspecified atom stereocenters. The lowest BCUT2D eigenvalue weighted by Crippen LogP contribution is -2.20. The van der Waals surface area contributed by atoms with Gasteiger partial charge >= 0.3 is 0 Å². The largest absolute Gasteiger partial charge is 0.384 e. The van der Waals surface area contributed by atoms with Gasteiger partial charge < -0.3 is 10.6 Å². The molecule has 3 aromatic carbocycles. The first-order chi connectivity index (χ1) is 12.9. The smallest absolute Gasteiger partial charge is 0.0808 e. The van der Waals surface area contributed by atoms with E-state index in [1.54, 1.807) is 0 Å². The Balaban J connectivity index is 0.00000140. The van der Waals surface area contributed by atoms with Crippen molar-refractivity contribution in [3.63, 3.8) is 0 Å². The number of aromatic nitrogens is 1. The maximum absolute atomic E-state index is 5.70. The normalized spacial score (nSPS) is 10.6. The Morgan fingerprint density at radius 3 is 2.32 bits per heavy atom. The van der Waals surface area contributed by atoms with Crippen LogP contribution in [0.5, 0.6) is 0 Å². The molecule has 0 saturated heterocycles. The molecular formula is C22H24Cl3N3. The van der Waals surface area contributed by atoms with Crippen molar-refractivity contribution in [3.05, 3.63) is 60.7 Å². The summed E-state index contributed by atoms with van der Waals surface area (Å²) in [6.07, 6.45) is 1.04. The van der Waals surface area contributed by atoms with E-state index >= 15 is 0 Å². The third kappa shape index (κ3) is 4.61. The van der Waals surface area contributed by atoms with E-state index in [0.717, 1.165) is 37.1 Å². The minimum absolute atomic E-state index is 0. The molecule has 1 heterocycles. The molecule has 0 amide bonds. The van der Waals surface area contributed by atoms with Crippen molar-refractivity contribution in [2.75, 3.05) is 30.8 Å². The first-order valence-electron chi connectivity index (χ1n) is 9.09. The van der Waals surface area contributed by atoms with Crippen LogP contribution in [0.4, 0.5) is 5.69 Å². The molecule has 4 rings (SSSR count). The van der Waals surface area contributed by atoms with Crippen LogP contribution < -0.4 is 10.6 Å². The summed E-state index contributed by atoms with van der Waals surface area (Å²) in [5.74, 6) is 0.653. The number of halogens is 3. The van der Waals surface area contributed by atoms with Crippen molar-refractivity contribution in [1.82, 2.24) is 10.3 Å². The second kappa shape index (κ2) is 10.7. The molecule has 4 aromatic rings. The summed E-state index contributed by atoms with van der Waals surface area (Å²) in [5.41, 5.74) is 3.26. The highest BCUT2D eigenvalue weighted by Crippen LogP contribution is 2.34. The number of anilines is 1. The van der Waals surface area contributed by atoms with Crippen LogP contribution >= 0.6 is 36.4 Å². The number of nitrogens with zero attached hydrogens (tertiary/aromatic N) is 1. The Morgan fingerprint density at radius 2 is 1.50 bits per heavy atom. The molecule has 148 valence electrons. The Labute approximate surface area is 182 Å². The van der Waals surface area contributed by atoms with E-state index < -0.39 is 0 Å². The number of pyridine rings is 1. The molecule has 0 aliphatic carbocycles. The summed E-state index contributed by atoms with van der Waals surface area (Å²) in [5, 5.41) is 11.8. The lowest BCUT2D eigenvalue weighted by molar-refractivity contribution is 0.691. The highest BCUT2D eigenvalue weighted by molar-refractivity contribution is 6.18. The van der Waals surface area contributed by atoms with Gasteiger partial charge in [0.2, 0.25) is 0 Å². The van der Waals surface area contributed by atoms with Crippen LogP contribution in [-0.2, 0) is 0 Å².